The minimum atomic E-state index is -0.873. The molecule has 0 aliphatic rings. The molecule has 1 N–H and O–H groups in total. The summed E-state index contributed by atoms with van der Waals surface area (Å²) in [6.07, 6.45) is -0.0389. The summed E-state index contributed by atoms with van der Waals surface area (Å²) in [6.45, 7) is 0. The van der Waals surface area contributed by atoms with Gasteiger partial charge in [0.2, 0.25) is 0 Å². The van der Waals surface area contributed by atoms with Crippen molar-refractivity contribution >= 4 is 28.5 Å². The Labute approximate surface area is 91.1 Å². The van der Waals surface area contributed by atoms with Crippen LogP contribution >= 0.6 is 11.6 Å². The average Bonchev–Trinajstić information content (AvgIpc) is 2.43. The Balaban J connectivity index is 2.69. The van der Waals surface area contributed by atoms with Gasteiger partial charge < -0.3 is 5.11 Å². The Morgan fingerprint density at radius 1 is 1.60 bits per heavy atom. The highest BCUT2D eigenvalue weighted by atomic mass is 35.5. The molecule has 2 rings (SSSR count). The predicted octanol–water partition coefficient (Wildman–Crippen LogP) is 1.85. The summed E-state index contributed by atoms with van der Waals surface area (Å²) in [5.74, 6) is -0.873. The standard InChI is InChI=1S/C10H9ClN2O2/c1-13-7-4-2-3-6(5-8(14)15)9(7)10(11)12-13/h2-4H,5H2,1H3,(H,14,15). The molecule has 0 bridgehead atoms. The second-order valence-electron chi connectivity index (χ2n) is 3.30. The highest BCUT2D eigenvalue weighted by Gasteiger charge is 2.12. The molecule has 0 atom stereocenters. The molecule has 1 aromatic carbocycles. The number of carbonyl (C=O) groups is 1. The number of nitrogens with zero attached hydrogens (tertiary/aromatic N) is 2. The molecule has 0 aliphatic carbocycles. The minimum absolute atomic E-state index is 0.0389. The molecule has 15 heavy (non-hydrogen) atoms. The van der Waals surface area contributed by atoms with Crippen molar-refractivity contribution in [2.75, 3.05) is 0 Å². The number of carboxylic acid groups (broad SMARTS) is 1. The van der Waals surface area contributed by atoms with Crippen molar-refractivity contribution < 1.29 is 9.90 Å². The van der Waals surface area contributed by atoms with Gasteiger partial charge in [0.1, 0.15) is 0 Å². The fourth-order valence-corrected chi connectivity index (χ4v) is 1.97. The second kappa shape index (κ2) is 3.55. The number of hydrogen-bond acceptors (Lipinski definition) is 2. The van der Waals surface area contributed by atoms with E-state index in [9.17, 15) is 4.79 Å². The van der Waals surface area contributed by atoms with Gasteiger partial charge >= 0.3 is 5.97 Å². The van der Waals surface area contributed by atoms with E-state index in [0.717, 1.165) is 10.9 Å². The summed E-state index contributed by atoms with van der Waals surface area (Å²) < 4.78 is 1.64. The zero-order valence-electron chi connectivity index (χ0n) is 8.07. The summed E-state index contributed by atoms with van der Waals surface area (Å²) in [7, 11) is 1.78. The van der Waals surface area contributed by atoms with Gasteiger partial charge in [0.25, 0.3) is 0 Å². The lowest BCUT2D eigenvalue weighted by molar-refractivity contribution is -0.136. The lowest BCUT2D eigenvalue weighted by Gasteiger charge is -1.99. The van der Waals surface area contributed by atoms with Crippen molar-refractivity contribution in [2.45, 2.75) is 6.42 Å². The molecular weight excluding hydrogens is 216 g/mol. The summed E-state index contributed by atoms with van der Waals surface area (Å²) in [4.78, 5) is 10.7. The molecule has 0 saturated heterocycles. The highest BCUT2D eigenvalue weighted by Crippen LogP contribution is 2.26. The minimum Gasteiger partial charge on any atom is -0.481 e. The first-order valence-corrected chi connectivity index (χ1v) is 4.79. The Morgan fingerprint density at radius 3 is 3.00 bits per heavy atom. The quantitative estimate of drug-likeness (QED) is 0.847. The van der Waals surface area contributed by atoms with Crippen LogP contribution in [-0.2, 0) is 18.3 Å². The van der Waals surface area contributed by atoms with Crippen LogP contribution in [0.3, 0.4) is 0 Å². The lowest BCUT2D eigenvalue weighted by atomic mass is 10.1. The van der Waals surface area contributed by atoms with Crippen LogP contribution in [0.2, 0.25) is 5.15 Å². The number of aliphatic carboxylic acids is 1. The maximum absolute atomic E-state index is 10.7. The van der Waals surface area contributed by atoms with Gasteiger partial charge in [0.15, 0.2) is 5.15 Å². The van der Waals surface area contributed by atoms with Crippen LogP contribution in [-0.4, -0.2) is 20.9 Å². The van der Waals surface area contributed by atoms with Gasteiger partial charge in [-0.2, -0.15) is 5.10 Å². The second-order valence-corrected chi connectivity index (χ2v) is 3.65. The van der Waals surface area contributed by atoms with E-state index in [0.29, 0.717) is 10.7 Å². The molecule has 0 fully saturated rings. The van der Waals surface area contributed by atoms with E-state index >= 15 is 0 Å². The Hall–Kier alpha value is -1.55. The van der Waals surface area contributed by atoms with E-state index in [4.69, 9.17) is 16.7 Å². The first kappa shape index (κ1) is 9.98. The van der Waals surface area contributed by atoms with Crippen molar-refractivity contribution in [2.24, 2.45) is 7.05 Å². The number of fused-ring (bicyclic) bond motifs is 1. The van der Waals surface area contributed by atoms with Crippen LogP contribution in [0.4, 0.5) is 0 Å². The monoisotopic (exact) mass is 224 g/mol. The molecule has 78 valence electrons. The zero-order chi connectivity index (χ0) is 11.0. The maximum Gasteiger partial charge on any atom is 0.307 e. The molecule has 2 aromatic rings. The number of benzene rings is 1. The number of aryl methyl sites for hydroxylation is 1. The Bertz CT molecular complexity index is 533. The van der Waals surface area contributed by atoms with Gasteiger partial charge in [-0.15, -0.1) is 0 Å². The molecule has 0 unspecified atom stereocenters. The number of aromatic nitrogens is 2. The third kappa shape index (κ3) is 1.68. The molecule has 5 heteroatoms. The smallest absolute Gasteiger partial charge is 0.307 e. The zero-order valence-corrected chi connectivity index (χ0v) is 8.82. The molecular formula is C10H9ClN2O2. The highest BCUT2D eigenvalue weighted by molar-refractivity contribution is 6.34. The number of hydrogen-bond donors (Lipinski definition) is 1. The topological polar surface area (TPSA) is 55.1 Å². The van der Waals surface area contributed by atoms with Gasteiger partial charge in [0, 0.05) is 12.4 Å². The molecule has 0 radical (unpaired) electrons. The van der Waals surface area contributed by atoms with Crippen LogP contribution < -0.4 is 0 Å². The largest absolute Gasteiger partial charge is 0.481 e. The van der Waals surface area contributed by atoms with Crippen LogP contribution in [0.25, 0.3) is 10.9 Å². The van der Waals surface area contributed by atoms with Gasteiger partial charge in [-0.05, 0) is 11.6 Å². The van der Waals surface area contributed by atoms with Gasteiger partial charge in [-0.25, -0.2) is 0 Å². The molecule has 4 nitrogen and oxygen atoms in total. The van der Waals surface area contributed by atoms with Crippen LogP contribution in [0.1, 0.15) is 5.56 Å². The van der Waals surface area contributed by atoms with Gasteiger partial charge in [-0.3, -0.25) is 9.48 Å². The van der Waals surface area contributed by atoms with Crippen molar-refractivity contribution in [3.05, 3.63) is 28.9 Å². The van der Waals surface area contributed by atoms with E-state index in [1.54, 1.807) is 23.9 Å². The molecule has 0 amide bonds. The van der Waals surface area contributed by atoms with E-state index in [2.05, 4.69) is 5.10 Å². The number of halogens is 1. The fraction of sp³-hybridized carbons (Fsp3) is 0.200. The van der Waals surface area contributed by atoms with E-state index in [1.165, 1.54) is 0 Å². The summed E-state index contributed by atoms with van der Waals surface area (Å²) in [5, 5.41) is 13.9. The first-order valence-electron chi connectivity index (χ1n) is 4.41. The normalized spacial score (nSPS) is 10.8. The maximum atomic E-state index is 10.7. The van der Waals surface area contributed by atoms with Gasteiger partial charge in [0.05, 0.1) is 11.9 Å². The van der Waals surface area contributed by atoms with Crippen molar-refractivity contribution in [3.63, 3.8) is 0 Å². The van der Waals surface area contributed by atoms with Crippen LogP contribution in [0.15, 0.2) is 18.2 Å². The molecule has 0 aliphatic heterocycles. The molecule has 0 saturated carbocycles. The SMILES string of the molecule is Cn1nc(Cl)c2c(CC(=O)O)cccc21. The number of carboxylic acids is 1. The van der Waals surface area contributed by atoms with Crippen LogP contribution in [0, 0.1) is 0 Å². The third-order valence-electron chi connectivity index (χ3n) is 2.26. The summed E-state index contributed by atoms with van der Waals surface area (Å²) >= 11 is 5.94. The Morgan fingerprint density at radius 2 is 2.33 bits per heavy atom. The third-order valence-corrected chi connectivity index (χ3v) is 2.53. The van der Waals surface area contributed by atoms with Crippen LogP contribution in [0.5, 0.6) is 0 Å². The van der Waals surface area contributed by atoms with E-state index in [1.807, 2.05) is 6.07 Å². The molecule has 1 heterocycles. The van der Waals surface area contributed by atoms with E-state index in [-0.39, 0.29) is 6.42 Å². The van der Waals surface area contributed by atoms with E-state index < -0.39 is 5.97 Å². The predicted molar refractivity (Wildman–Crippen MR) is 57.1 cm³/mol. The van der Waals surface area contributed by atoms with Crippen molar-refractivity contribution in [1.29, 1.82) is 0 Å². The number of rotatable bonds is 2. The average molecular weight is 225 g/mol. The molecule has 1 aromatic heterocycles. The Kier molecular flexibility index (Phi) is 2.36. The van der Waals surface area contributed by atoms with Crippen molar-refractivity contribution in [3.8, 4) is 0 Å². The summed E-state index contributed by atoms with van der Waals surface area (Å²) in [6, 6.07) is 5.42. The lowest BCUT2D eigenvalue weighted by Crippen LogP contribution is -2.00. The fourth-order valence-electron chi connectivity index (χ4n) is 1.64. The molecule has 0 spiro atoms. The van der Waals surface area contributed by atoms with Crippen molar-refractivity contribution in [1.82, 2.24) is 9.78 Å². The summed E-state index contributed by atoms with van der Waals surface area (Å²) in [5.41, 5.74) is 1.54. The first-order chi connectivity index (χ1) is 7.09. The van der Waals surface area contributed by atoms with Gasteiger partial charge in [-0.1, -0.05) is 23.7 Å².